The second-order valence-electron chi connectivity index (χ2n) is 5.57. The maximum absolute atomic E-state index is 12.1. The summed E-state index contributed by atoms with van der Waals surface area (Å²) in [6.07, 6.45) is 3.16. The summed E-state index contributed by atoms with van der Waals surface area (Å²) in [6, 6.07) is 9.83. The Hall–Kier alpha value is -1.72. The van der Waals surface area contributed by atoms with Crippen LogP contribution in [0.3, 0.4) is 0 Å². The van der Waals surface area contributed by atoms with Gasteiger partial charge in [-0.2, -0.15) is 0 Å². The van der Waals surface area contributed by atoms with Gasteiger partial charge in [-0.15, -0.1) is 11.3 Å². The number of benzene rings is 1. The molecule has 1 amide bonds. The lowest BCUT2D eigenvalue weighted by atomic mass is 9.97. The molecule has 3 rings (SSSR count). The van der Waals surface area contributed by atoms with Gasteiger partial charge in [0.15, 0.2) is 5.13 Å². The van der Waals surface area contributed by atoms with E-state index in [0.29, 0.717) is 16.7 Å². The highest BCUT2D eigenvalue weighted by Crippen LogP contribution is 2.31. The number of rotatable bonds is 3. The van der Waals surface area contributed by atoms with Crippen molar-refractivity contribution < 1.29 is 4.79 Å². The second kappa shape index (κ2) is 5.95. The molecular weight excluding hydrogens is 282 g/mol. The average molecular weight is 301 g/mol. The smallest absolute Gasteiger partial charge is 0.257 e. The number of hydrogen-bond donors (Lipinski definition) is 1. The molecule has 1 unspecified atom stereocenters. The maximum atomic E-state index is 12.1. The minimum absolute atomic E-state index is 0.0918. The Labute approximate surface area is 128 Å². The molecule has 1 atom stereocenters. The van der Waals surface area contributed by atoms with E-state index in [0.717, 1.165) is 25.0 Å². The van der Waals surface area contributed by atoms with Crippen molar-refractivity contribution in [2.24, 2.45) is 0 Å². The predicted molar refractivity (Wildman–Crippen MR) is 86.0 cm³/mol. The number of fused-ring (bicyclic) bond motifs is 1. The molecule has 0 saturated carbocycles. The van der Waals surface area contributed by atoms with Crippen molar-refractivity contribution in [1.29, 1.82) is 0 Å². The van der Waals surface area contributed by atoms with Crippen molar-refractivity contribution in [1.82, 2.24) is 9.88 Å². The monoisotopic (exact) mass is 301 g/mol. The number of carbonyl (C=O) groups is 1. The van der Waals surface area contributed by atoms with Gasteiger partial charge in [-0.25, -0.2) is 4.98 Å². The van der Waals surface area contributed by atoms with E-state index in [2.05, 4.69) is 29.3 Å². The van der Waals surface area contributed by atoms with Crippen LogP contribution in [0.4, 0.5) is 5.13 Å². The van der Waals surface area contributed by atoms with E-state index in [9.17, 15) is 4.79 Å². The lowest BCUT2D eigenvalue weighted by Gasteiger charge is -2.27. The fourth-order valence-electron chi connectivity index (χ4n) is 2.61. The Morgan fingerprint density at radius 1 is 1.33 bits per heavy atom. The van der Waals surface area contributed by atoms with E-state index in [-0.39, 0.29) is 5.91 Å². The highest BCUT2D eigenvalue weighted by molar-refractivity contribution is 7.15. The molecule has 2 aromatic rings. The summed E-state index contributed by atoms with van der Waals surface area (Å²) in [7, 11) is 4.24. The molecule has 0 fully saturated rings. The SMILES string of the molecule is CN(C)C1CCc2nc(NC(=O)c3ccccc3)sc2C1. The van der Waals surface area contributed by atoms with E-state index in [4.69, 9.17) is 0 Å². The largest absolute Gasteiger partial charge is 0.306 e. The lowest BCUT2D eigenvalue weighted by Crippen LogP contribution is -2.32. The third-order valence-corrected chi connectivity index (χ3v) is 4.94. The molecule has 0 bridgehead atoms. The van der Waals surface area contributed by atoms with Gasteiger partial charge < -0.3 is 4.90 Å². The number of anilines is 1. The number of amides is 1. The van der Waals surface area contributed by atoms with Gasteiger partial charge in [0.1, 0.15) is 0 Å². The van der Waals surface area contributed by atoms with Gasteiger partial charge in [0.05, 0.1) is 5.69 Å². The minimum Gasteiger partial charge on any atom is -0.306 e. The van der Waals surface area contributed by atoms with Gasteiger partial charge >= 0.3 is 0 Å². The van der Waals surface area contributed by atoms with Crippen LogP contribution in [0.2, 0.25) is 0 Å². The van der Waals surface area contributed by atoms with Crippen LogP contribution in [0, 0.1) is 0 Å². The van der Waals surface area contributed by atoms with Crippen molar-refractivity contribution in [3.05, 3.63) is 46.5 Å². The Morgan fingerprint density at radius 2 is 2.10 bits per heavy atom. The van der Waals surface area contributed by atoms with E-state index in [1.54, 1.807) is 11.3 Å². The Bertz CT molecular complexity index is 636. The van der Waals surface area contributed by atoms with Crippen LogP contribution in [0.15, 0.2) is 30.3 Å². The standard InChI is InChI=1S/C16H19N3OS/c1-19(2)12-8-9-13-14(10-12)21-16(17-13)18-15(20)11-6-4-3-5-7-11/h3-7,12H,8-10H2,1-2H3,(H,17,18,20). The van der Waals surface area contributed by atoms with Crippen LogP contribution in [-0.4, -0.2) is 35.9 Å². The van der Waals surface area contributed by atoms with Crippen molar-refractivity contribution in [3.8, 4) is 0 Å². The number of thiazole rings is 1. The number of nitrogens with one attached hydrogen (secondary N) is 1. The van der Waals surface area contributed by atoms with E-state index in [1.807, 2.05) is 30.3 Å². The van der Waals surface area contributed by atoms with E-state index in [1.165, 1.54) is 4.88 Å². The topological polar surface area (TPSA) is 45.2 Å². The van der Waals surface area contributed by atoms with E-state index >= 15 is 0 Å². The van der Waals surface area contributed by atoms with Crippen LogP contribution < -0.4 is 5.32 Å². The fourth-order valence-corrected chi connectivity index (χ4v) is 3.68. The number of nitrogens with zero attached hydrogens (tertiary/aromatic N) is 2. The van der Waals surface area contributed by atoms with Crippen molar-refractivity contribution in [3.63, 3.8) is 0 Å². The Balaban J connectivity index is 1.73. The first kappa shape index (κ1) is 14.2. The minimum atomic E-state index is -0.0918. The summed E-state index contributed by atoms with van der Waals surface area (Å²) in [6.45, 7) is 0. The third kappa shape index (κ3) is 3.14. The molecule has 1 heterocycles. The van der Waals surface area contributed by atoms with Gasteiger partial charge in [-0.05, 0) is 45.5 Å². The van der Waals surface area contributed by atoms with Gasteiger partial charge in [0.25, 0.3) is 5.91 Å². The first-order valence-corrected chi connectivity index (χ1v) is 7.96. The van der Waals surface area contributed by atoms with Gasteiger partial charge in [0, 0.05) is 16.5 Å². The maximum Gasteiger partial charge on any atom is 0.257 e. The molecular formula is C16H19N3OS. The molecule has 1 aliphatic rings. The van der Waals surface area contributed by atoms with Gasteiger partial charge in [-0.1, -0.05) is 18.2 Å². The second-order valence-corrected chi connectivity index (χ2v) is 6.65. The third-order valence-electron chi connectivity index (χ3n) is 3.90. The zero-order valence-electron chi connectivity index (χ0n) is 12.3. The molecule has 5 heteroatoms. The average Bonchev–Trinajstić information content (AvgIpc) is 2.89. The summed E-state index contributed by atoms with van der Waals surface area (Å²) >= 11 is 1.61. The summed E-state index contributed by atoms with van der Waals surface area (Å²) < 4.78 is 0. The first-order chi connectivity index (χ1) is 10.1. The van der Waals surface area contributed by atoms with Crippen LogP contribution in [0.1, 0.15) is 27.3 Å². The quantitative estimate of drug-likeness (QED) is 0.948. The molecule has 1 N–H and O–H groups in total. The summed E-state index contributed by atoms with van der Waals surface area (Å²) in [5.74, 6) is -0.0918. The highest BCUT2D eigenvalue weighted by Gasteiger charge is 2.24. The number of likely N-dealkylation sites (N-methyl/N-ethyl adjacent to an activating group) is 1. The van der Waals surface area contributed by atoms with Crippen LogP contribution in [-0.2, 0) is 12.8 Å². The molecule has 0 saturated heterocycles. The number of aryl methyl sites for hydroxylation is 1. The van der Waals surface area contributed by atoms with Crippen molar-refractivity contribution >= 4 is 22.4 Å². The summed E-state index contributed by atoms with van der Waals surface area (Å²) in [5, 5.41) is 3.63. The fraction of sp³-hybridized carbons (Fsp3) is 0.375. The zero-order chi connectivity index (χ0) is 14.8. The predicted octanol–water partition coefficient (Wildman–Crippen LogP) is 2.81. The molecule has 1 aliphatic carbocycles. The van der Waals surface area contributed by atoms with Crippen LogP contribution in [0.5, 0.6) is 0 Å². The number of aromatic nitrogens is 1. The Kier molecular flexibility index (Phi) is 4.03. The molecule has 0 radical (unpaired) electrons. The van der Waals surface area contributed by atoms with E-state index < -0.39 is 0 Å². The molecule has 0 spiro atoms. The van der Waals surface area contributed by atoms with Crippen molar-refractivity contribution in [2.75, 3.05) is 19.4 Å². The molecule has 4 nitrogen and oxygen atoms in total. The highest BCUT2D eigenvalue weighted by atomic mass is 32.1. The first-order valence-electron chi connectivity index (χ1n) is 7.15. The van der Waals surface area contributed by atoms with Crippen LogP contribution in [0.25, 0.3) is 0 Å². The molecule has 1 aromatic carbocycles. The Morgan fingerprint density at radius 3 is 2.81 bits per heavy atom. The summed E-state index contributed by atoms with van der Waals surface area (Å²) in [5.41, 5.74) is 1.82. The molecule has 1 aromatic heterocycles. The number of hydrogen-bond acceptors (Lipinski definition) is 4. The molecule has 21 heavy (non-hydrogen) atoms. The molecule has 110 valence electrons. The van der Waals surface area contributed by atoms with Gasteiger partial charge in [0.2, 0.25) is 0 Å². The van der Waals surface area contributed by atoms with Gasteiger partial charge in [-0.3, -0.25) is 10.1 Å². The zero-order valence-corrected chi connectivity index (χ0v) is 13.1. The molecule has 0 aliphatic heterocycles. The van der Waals surface area contributed by atoms with Crippen molar-refractivity contribution in [2.45, 2.75) is 25.3 Å². The summed E-state index contributed by atoms with van der Waals surface area (Å²) in [4.78, 5) is 20.3. The number of carbonyl (C=O) groups excluding carboxylic acids is 1. The normalized spacial score (nSPS) is 17.6. The van der Waals surface area contributed by atoms with Crippen LogP contribution >= 0.6 is 11.3 Å². The lowest BCUT2D eigenvalue weighted by molar-refractivity contribution is 0.102.